The highest BCUT2D eigenvalue weighted by Gasteiger charge is 2.27. The van der Waals surface area contributed by atoms with Crippen LogP contribution >= 0.6 is 0 Å². The number of ether oxygens (including phenoxy) is 4. The number of nitrogens with zero attached hydrogens (tertiary/aromatic N) is 1. The minimum atomic E-state index is -2.58. The molecule has 200 valence electrons. The Kier molecular flexibility index (Phi) is 9.65. The molecule has 0 amide bonds. The molecule has 0 aliphatic heterocycles. The van der Waals surface area contributed by atoms with Gasteiger partial charge in [0.1, 0.15) is 24.5 Å². The van der Waals surface area contributed by atoms with Gasteiger partial charge in [-0.15, -0.1) is 0 Å². The van der Waals surface area contributed by atoms with E-state index in [1.165, 1.54) is 18.2 Å². The summed E-state index contributed by atoms with van der Waals surface area (Å²) < 4.78 is 44.2. The lowest BCUT2D eigenvalue weighted by molar-refractivity contribution is -0.152. The van der Waals surface area contributed by atoms with Crippen LogP contribution < -0.4 is 9.04 Å². The van der Waals surface area contributed by atoms with E-state index in [0.29, 0.717) is 12.5 Å². The van der Waals surface area contributed by atoms with Gasteiger partial charge in [0.15, 0.2) is 6.61 Å². The van der Waals surface area contributed by atoms with Crippen LogP contribution in [0.1, 0.15) is 49.5 Å². The number of hydrogen-bond acceptors (Lipinski definition) is 8. The third-order valence-electron chi connectivity index (χ3n) is 5.08. The van der Waals surface area contributed by atoms with Crippen molar-refractivity contribution in [2.24, 2.45) is 5.92 Å². The summed E-state index contributed by atoms with van der Waals surface area (Å²) in [7, 11) is 0. The molecule has 2 aromatic rings. The lowest BCUT2D eigenvalue weighted by atomic mass is 10.2. The molecule has 0 saturated heterocycles. The van der Waals surface area contributed by atoms with Crippen molar-refractivity contribution < 1.29 is 42.1 Å². The van der Waals surface area contributed by atoms with E-state index in [1.807, 2.05) is 18.2 Å². The maximum absolute atomic E-state index is 12.6. The molecule has 2 aromatic carbocycles. The average Bonchev–Trinajstić information content (AvgIpc) is 3.67. The number of hydrogen-bond donors (Lipinski definition) is 1. The van der Waals surface area contributed by atoms with Crippen molar-refractivity contribution >= 4 is 34.9 Å². The Hall–Kier alpha value is -3.44. The Morgan fingerprint density at radius 1 is 1.03 bits per heavy atom. The predicted octanol–water partition coefficient (Wildman–Crippen LogP) is 3.66. The summed E-state index contributed by atoms with van der Waals surface area (Å²) in [5.74, 6) is -1.75. The van der Waals surface area contributed by atoms with Gasteiger partial charge >= 0.3 is 17.9 Å². The fourth-order valence-corrected chi connectivity index (χ4v) is 3.69. The monoisotopic (exact) mass is 533 g/mol. The second-order valence-corrected chi connectivity index (χ2v) is 10.4. The minimum absolute atomic E-state index is 0.0524. The number of benzene rings is 2. The molecule has 1 atom stereocenters. The Balaban J connectivity index is 1.69. The zero-order chi connectivity index (χ0) is 27.0. The summed E-state index contributed by atoms with van der Waals surface area (Å²) in [5.41, 5.74) is 0.214. The molecule has 1 fully saturated rings. The fraction of sp³-hybridized carbons (Fsp3) is 0.423. The molecule has 0 aromatic heterocycles. The predicted molar refractivity (Wildman–Crippen MR) is 135 cm³/mol. The number of anilines is 1. The molecule has 0 spiro atoms. The second kappa shape index (κ2) is 12.7. The highest BCUT2D eigenvalue weighted by atomic mass is 32.2. The maximum Gasteiger partial charge on any atom is 0.344 e. The largest absolute Gasteiger partial charge is 0.491 e. The lowest BCUT2D eigenvalue weighted by Gasteiger charge is -2.25. The van der Waals surface area contributed by atoms with Crippen LogP contribution in [0.4, 0.5) is 5.69 Å². The van der Waals surface area contributed by atoms with Gasteiger partial charge < -0.3 is 18.9 Å². The van der Waals surface area contributed by atoms with Gasteiger partial charge in [0.2, 0.25) is 0 Å². The summed E-state index contributed by atoms with van der Waals surface area (Å²) in [6, 6.07) is 13.2. The molecule has 1 saturated carbocycles. The van der Waals surface area contributed by atoms with Crippen LogP contribution in [0.15, 0.2) is 48.5 Å². The van der Waals surface area contributed by atoms with Gasteiger partial charge in [-0.05, 0) is 63.3 Å². The Bertz CT molecular complexity index is 1130. The van der Waals surface area contributed by atoms with Crippen molar-refractivity contribution in [1.29, 1.82) is 0 Å². The molecule has 0 bridgehead atoms. The van der Waals surface area contributed by atoms with Crippen LogP contribution in [0.5, 0.6) is 5.75 Å². The van der Waals surface area contributed by atoms with Gasteiger partial charge in [0, 0.05) is 0 Å². The summed E-state index contributed by atoms with van der Waals surface area (Å²) >= 11 is -2.58. The topological polar surface area (TPSA) is 129 Å². The molecular formula is C26H31NO9S. The SMILES string of the molecule is CC(C)(C)OC(=O)CN(c1ccc(C(=O)OCC(=O)OCc2ccccc2)cc1OCC1CC1)S(=O)O. The van der Waals surface area contributed by atoms with Gasteiger partial charge in [-0.25, -0.2) is 13.8 Å². The third-order valence-corrected chi connectivity index (χ3v) is 5.78. The van der Waals surface area contributed by atoms with E-state index >= 15 is 0 Å². The summed E-state index contributed by atoms with van der Waals surface area (Å²) in [6.07, 6.45) is 1.99. The van der Waals surface area contributed by atoms with Crippen molar-refractivity contribution in [2.75, 3.05) is 24.1 Å². The van der Waals surface area contributed by atoms with Gasteiger partial charge in [0.05, 0.1) is 17.9 Å². The minimum Gasteiger partial charge on any atom is -0.491 e. The average molecular weight is 534 g/mol. The normalized spacial score (nSPS) is 13.8. The zero-order valence-electron chi connectivity index (χ0n) is 21.0. The van der Waals surface area contributed by atoms with E-state index in [2.05, 4.69) is 0 Å². The molecule has 3 rings (SSSR count). The molecule has 0 heterocycles. The number of rotatable bonds is 12. The van der Waals surface area contributed by atoms with E-state index in [1.54, 1.807) is 32.9 Å². The number of carbonyl (C=O) groups is 3. The summed E-state index contributed by atoms with van der Waals surface area (Å²) in [4.78, 5) is 36.9. The lowest BCUT2D eigenvalue weighted by Crippen LogP contribution is -2.36. The first kappa shape index (κ1) is 28.1. The first-order valence-corrected chi connectivity index (χ1v) is 12.8. The van der Waals surface area contributed by atoms with Gasteiger partial charge in [-0.3, -0.25) is 13.7 Å². The van der Waals surface area contributed by atoms with Crippen molar-refractivity contribution in [3.8, 4) is 5.75 Å². The van der Waals surface area contributed by atoms with Gasteiger partial charge in [0.25, 0.3) is 11.3 Å². The molecule has 1 unspecified atom stereocenters. The zero-order valence-corrected chi connectivity index (χ0v) is 21.8. The molecule has 37 heavy (non-hydrogen) atoms. The maximum atomic E-state index is 12.6. The molecule has 11 heteroatoms. The molecule has 10 nitrogen and oxygen atoms in total. The Morgan fingerprint density at radius 2 is 1.73 bits per heavy atom. The molecule has 0 radical (unpaired) electrons. The second-order valence-electron chi connectivity index (χ2n) is 9.51. The number of carbonyl (C=O) groups excluding carboxylic acids is 3. The van der Waals surface area contributed by atoms with Crippen molar-refractivity contribution in [1.82, 2.24) is 0 Å². The van der Waals surface area contributed by atoms with Gasteiger partial charge in [-0.1, -0.05) is 30.3 Å². The summed E-state index contributed by atoms with van der Waals surface area (Å²) in [5, 5.41) is 0. The quantitative estimate of drug-likeness (QED) is 0.247. The van der Waals surface area contributed by atoms with Crippen LogP contribution in [-0.2, 0) is 41.7 Å². The molecule has 1 aliphatic carbocycles. The Labute approximate surface area is 218 Å². The van der Waals surface area contributed by atoms with Crippen LogP contribution in [-0.4, -0.2) is 52.0 Å². The molecule has 1 aliphatic rings. The number of esters is 3. The van der Waals surface area contributed by atoms with Crippen LogP contribution in [0.25, 0.3) is 0 Å². The van der Waals surface area contributed by atoms with E-state index in [9.17, 15) is 23.1 Å². The third kappa shape index (κ3) is 9.51. The van der Waals surface area contributed by atoms with Crippen LogP contribution in [0.3, 0.4) is 0 Å². The summed E-state index contributed by atoms with van der Waals surface area (Å²) in [6.45, 7) is 4.36. The van der Waals surface area contributed by atoms with Gasteiger partial charge in [-0.2, -0.15) is 0 Å². The smallest absolute Gasteiger partial charge is 0.344 e. The van der Waals surface area contributed by atoms with Crippen molar-refractivity contribution in [3.63, 3.8) is 0 Å². The van der Waals surface area contributed by atoms with E-state index in [4.69, 9.17) is 18.9 Å². The highest BCUT2D eigenvalue weighted by molar-refractivity contribution is 7.80. The molecular weight excluding hydrogens is 502 g/mol. The van der Waals surface area contributed by atoms with E-state index in [-0.39, 0.29) is 23.6 Å². The first-order chi connectivity index (χ1) is 17.5. The fourth-order valence-electron chi connectivity index (χ4n) is 3.16. The van der Waals surface area contributed by atoms with Crippen LogP contribution in [0.2, 0.25) is 0 Å². The highest BCUT2D eigenvalue weighted by Crippen LogP contribution is 2.35. The molecule has 1 N–H and O–H groups in total. The first-order valence-electron chi connectivity index (χ1n) is 11.8. The standard InChI is InChI=1S/C26H31NO9S/c1-26(2,3)36-23(28)14-27(37(31)32)21-12-11-20(13-22(21)33-15-19-9-10-19)25(30)35-17-24(29)34-16-18-7-5-4-6-8-18/h4-8,11-13,19H,9-10,14-17H2,1-3H3,(H,31,32). The van der Waals surface area contributed by atoms with Crippen molar-refractivity contribution in [3.05, 3.63) is 59.7 Å². The van der Waals surface area contributed by atoms with E-state index in [0.717, 1.165) is 22.7 Å². The van der Waals surface area contributed by atoms with Crippen molar-refractivity contribution in [2.45, 2.75) is 45.8 Å². The van der Waals surface area contributed by atoms with E-state index < -0.39 is 47.9 Å². The van der Waals surface area contributed by atoms with Crippen LogP contribution in [0, 0.1) is 5.92 Å². The Morgan fingerprint density at radius 3 is 2.35 bits per heavy atom.